The Balaban J connectivity index is 2.20. The highest BCUT2D eigenvalue weighted by Crippen LogP contribution is 2.27. The van der Waals surface area contributed by atoms with Crippen molar-refractivity contribution in [1.82, 2.24) is 0 Å². The summed E-state index contributed by atoms with van der Waals surface area (Å²) in [5, 5.41) is 8.52. The molecule has 2 rings (SSSR count). The average molecular weight is 329 g/mol. The average Bonchev–Trinajstić information content (AvgIpc) is 2.42. The summed E-state index contributed by atoms with van der Waals surface area (Å²) >= 11 is 5.99. The first-order valence-electron chi connectivity index (χ1n) is 6.12. The Labute approximate surface area is 127 Å². The van der Waals surface area contributed by atoms with Crippen LogP contribution in [0.15, 0.2) is 47.4 Å². The maximum Gasteiger partial charge on any atom is 0.238 e. The summed E-state index contributed by atoms with van der Waals surface area (Å²) in [4.78, 5) is 0.0437. The molecule has 21 heavy (non-hydrogen) atoms. The van der Waals surface area contributed by atoms with Gasteiger partial charge in [0.05, 0.1) is 15.6 Å². The lowest BCUT2D eigenvalue weighted by Crippen LogP contribution is -2.12. The molecule has 0 saturated carbocycles. The molecule has 4 nitrogen and oxygen atoms in total. The molecule has 0 spiro atoms. The van der Waals surface area contributed by atoms with Crippen LogP contribution in [0.25, 0.3) is 0 Å². The van der Waals surface area contributed by atoms with E-state index in [1.54, 1.807) is 12.1 Å². The van der Waals surface area contributed by atoms with Gasteiger partial charge in [0.2, 0.25) is 10.0 Å². The van der Waals surface area contributed by atoms with Crippen LogP contribution in [-0.2, 0) is 10.0 Å². The molecule has 1 atom stereocenters. The van der Waals surface area contributed by atoms with E-state index in [2.05, 4.69) is 5.32 Å². The zero-order valence-corrected chi connectivity index (χ0v) is 12.7. The van der Waals surface area contributed by atoms with Gasteiger partial charge in [-0.15, -0.1) is 0 Å². The second-order valence-electron chi connectivity index (χ2n) is 4.60. The fourth-order valence-electron chi connectivity index (χ4n) is 1.87. The standard InChI is InChI=1S/C14H14ClFN2O2S/c1-9(18-14-8-11(16)4-7-13(14)15)10-2-5-12(6-3-10)21(17,19)20/h2-9,18H,1H3,(H2,17,19,20). The summed E-state index contributed by atoms with van der Waals surface area (Å²) in [6.07, 6.45) is 0. The van der Waals surface area contributed by atoms with E-state index >= 15 is 0 Å². The third kappa shape index (κ3) is 3.93. The molecule has 0 aromatic heterocycles. The number of sulfonamides is 1. The molecule has 0 heterocycles. The van der Waals surface area contributed by atoms with Gasteiger partial charge in [0.15, 0.2) is 0 Å². The lowest BCUT2D eigenvalue weighted by molar-refractivity contribution is 0.597. The van der Waals surface area contributed by atoms with Gasteiger partial charge in [-0.25, -0.2) is 17.9 Å². The predicted octanol–water partition coefficient (Wildman–Crippen LogP) is 3.30. The van der Waals surface area contributed by atoms with Crippen molar-refractivity contribution in [3.05, 3.63) is 58.9 Å². The molecule has 1 unspecified atom stereocenters. The fourth-order valence-corrected chi connectivity index (χ4v) is 2.56. The van der Waals surface area contributed by atoms with E-state index in [-0.39, 0.29) is 10.9 Å². The molecule has 2 aromatic carbocycles. The molecular weight excluding hydrogens is 315 g/mol. The third-order valence-corrected chi connectivity index (χ3v) is 4.27. The number of nitrogens with two attached hydrogens (primary N) is 1. The maximum absolute atomic E-state index is 13.2. The van der Waals surface area contributed by atoms with Crippen molar-refractivity contribution in [1.29, 1.82) is 0 Å². The minimum absolute atomic E-state index is 0.0437. The molecule has 0 amide bonds. The van der Waals surface area contributed by atoms with Gasteiger partial charge < -0.3 is 5.32 Å². The minimum Gasteiger partial charge on any atom is -0.377 e. The molecule has 0 saturated heterocycles. The Bertz CT molecular complexity index is 748. The quantitative estimate of drug-likeness (QED) is 0.904. The predicted molar refractivity (Wildman–Crippen MR) is 81.3 cm³/mol. The van der Waals surface area contributed by atoms with Gasteiger partial charge in [0.25, 0.3) is 0 Å². The third-order valence-electron chi connectivity index (χ3n) is 3.01. The van der Waals surface area contributed by atoms with Crippen LogP contribution < -0.4 is 10.5 Å². The van der Waals surface area contributed by atoms with Crippen LogP contribution >= 0.6 is 11.6 Å². The summed E-state index contributed by atoms with van der Waals surface area (Å²) in [6, 6.07) is 10.0. The van der Waals surface area contributed by atoms with Gasteiger partial charge in [-0.05, 0) is 42.8 Å². The molecule has 0 aliphatic rings. The first kappa shape index (κ1) is 15.8. The first-order chi connectivity index (χ1) is 9.77. The second kappa shape index (κ2) is 6.01. The van der Waals surface area contributed by atoms with Crippen LogP contribution in [0, 0.1) is 5.82 Å². The van der Waals surface area contributed by atoms with Gasteiger partial charge in [-0.2, -0.15) is 0 Å². The van der Waals surface area contributed by atoms with Gasteiger partial charge >= 0.3 is 0 Å². The van der Waals surface area contributed by atoms with E-state index in [0.717, 1.165) is 5.56 Å². The number of anilines is 1. The van der Waals surface area contributed by atoms with Crippen LogP contribution in [0.4, 0.5) is 10.1 Å². The highest BCUT2D eigenvalue weighted by molar-refractivity contribution is 7.89. The number of benzene rings is 2. The number of hydrogen-bond acceptors (Lipinski definition) is 3. The Morgan fingerprint density at radius 1 is 1.19 bits per heavy atom. The molecule has 7 heteroatoms. The monoisotopic (exact) mass is 328 g/mol. The van der Waals surface area contributed by atoms with Crippen molar-refractivity contribution in [3.63, 3.8) is 0 Å². The largest absolute Gasteiger partial charge is 0.377 e. The molecule has 112 valence electrons. The van der Waals surface area contributed by atoms with Crippen LogP contribution in [0.1, 0.15) is 18.5 Å². The lowest BCUT2D eigenvalue weighted by Gasteiger charge is -2.17. The van der Waals surface area contributed by atoms with Crippen LogP contribution in [0.5, 0.6) is 0 Å². The van der Waals surface area contributed by atoms with Crippen molar-refractivity contribution in [2.24, 2.45) is 5.14 Å². The summed E-state index contributed by atoms with van der Waals surface area (Å²) in [5.41, 5.74) is 1.29. The van der Waals surface area contributed by atoms with E-state index in [9.17, 15) is 12.8 Å². The molecule has 0 aliphatic heterocycles. The number of primary sulfonamides is 1. The van der Waals surface area contributed by atoms with Crippen LogP contribution in [-0.4, -0.2) is 8.42 Å². The fraction of sp³-hybridized carbons (Fsp3) is 0.143. The smallest absolute Gasteiger partial charge is 0.238 e. The molecular formula is C14H14ClFN2O2S. The number of nitrogens with one attached hydrogen (secondary N) is 1. The SMILES string of the molecule is CC(Nc1cc(F)ccc1Cl)c1ccc(S(N)(=O)=O)cc1. The minimum atomic E-state index is -3.71. The van der Waals surface area contributed by atoms with E-state index in [0.29, 0.717) is 10.7 Å². The topological polar surface area (TPSA) is 72.2 Å². The zero-order valence-electron chi connectivity index (χ0n) is 11.2. The van der Waals surface area contributed by atoms with Crippen molar-refractivity contribution in [2.45, 2.75) is 17.9 Å². The Kier molecular flexibility index (Phi) is 4.51. The van der Waals surface area contributed by atoms with Crippen molar-refractivity contribution in [2.75, 3.05) is 5.32 Å². The van der Waals surface area contributed by atoms with E-state index in [4.69, 9.17) is 16.7 Å². The van der Waals surface area contributed by atoms with Crippen molar-refractivity contribution in [3.8, 4) is 0 Å². The normalized spacial score (nSPS) is 13.0. The van der Waals surface area contributed by atoms with Crippen molar-refractivity contribution >= 4 is 27.3 Å². The molecule has 0 bridgehead atoms. The summed E-state index contributed by atoms with van der Waals surface area (Å²) in [6.45, 7) is 1.85. The van der Waals surface area contributed by atoms with E-state index in [1.165, 1.54) is 30.3 Å². The number of halogens is 2. The van der Waals surface area contributed by atoms with Gasteiger partial charge in [0.1, 0.15) is 5.82 Å². The van der Waals surface area contributed by atoms with Crippen LogP contribution in [0.3, 0.4) is 0 Å². The summed E-state index contributed by atoms with van der Waals surface area (Å²) < 4.78 is 35.6. The molecule has 2 aromatic rings. The molecule has 3 N–H and O–H groups in total. The number of hydrogen-bond donors (Lipinski definition) is 2. The Morgan fingerprint density at radius 3 is 2.38 bits per heavy atom. The van der Waals surface area contributed by atoms with Gasteiger partial charge in [0, 0.05) is 6.04 Å². The summed E-state index contributed by atoms with van der Waals surface area (Å²) in [5.74, 6) is -0.390. The van der Waals surface area contributed by atoms with Gasteiger partial charge in [-0.3, -0.25) is 0 Å². The molecule has 0 fully saturated rings. The maximum atomic E-state index is 13.2. The highest BCUT2D eigenvalue weighted by atomic mass is 35.5. The van der Waals surface area contributed by atoms with Crippen molar-refractivity contribution < 1.29 is 12.8 Å². The lowest BCUT2D eigenvalue weighted by atomic mass is 10.1. The molecule has 0 aliphatic carbocycles. The zero-order chi connectivity index (χ0) is 15.6. The first-order valence-corrected chi connectivity index (χ1v) is 8.04. The summed E-state index contributed by atoms with van der Waals surface area (Å²) in [7, 11) is -3.71. The Morgan fingerprint density at radius 2 is 1.81 bits per heavy atom. The van der Waals surface area contributed by atoms with Crippen LogP contribution in [0.2, 0.25) is 5.02 Å². The number of rotatable bonds is 4. The van der Waals surface area contributed by atoms with E-state index in [1.807, 2.05) is 6.92 Å². The second-order valence-corrected chi connectivity index (χ2v) is 6.57. The molecule has 0 radical (unpaired) electrons. The van der Waals surface area contributed by atoms with E-state index < -0.39 is 15.8 Å². The van der Waals surface area contributed by atoms with Gasteiger partial charge in [-0.1, -0.05) is 23.7 Å². The Hall–Kier alpha value is -1.63. The highest BCUT2D eigenvalue weighted by Gasteiger charge is 2.11.